The van der Waals surface area contributed by atoms with Gasteiger partial charge in [0.2, 0.25) is 11.8 Å². The Kier molecular flexibility index (Phi) is 4.79. The second kappa shape index (κ2) is 7.17. The van der Waals surface area contributed by atoms with E-state index in [1.54, 1.807) is 24.3 Å². The van der Waals surface area contributed by atoms with Crippen LogP contribution in [-0.4, -0.2) is 31.4 Å². The monoisotopic (exact) mass is 338 g/mol. The number of fused-ring (bicyclic) bond motifs is 1. The van der Waals surface area contributed by atoms with Crippen LogP contribution in [-0.2, 0) is 20.7 Å². The molecule has 3 rings (SSSR count). The standard InChI is InChI=1S/C19H18N2O4/c1-25-19(24)14-7-3-4-8-15(14)20-17(22)12-21-16-9-5-2-6-13(16)10-11-18(21)23/h2-9H,10-12H2,1H3,(H,20,22). The van der Waals surface area contributed by atoms with E-state index in [2.05, 4.69) is 5.32 Å². The number of rotatable bonds is 4. The molecule has 2 aromatic carbocycles. The van der Waals surface area contributed by atoms with Gasteiger partial charge < -0.3 is 15.0 Å². The molecule has 128 valence electrons. The van der Waals surface area contributed by atoms with Gasteiger partial charge in [0.05, 0.1) is 18.4 Å². The van der Waals surface area contributed by atoms with Gasteiger partial charge in [0, 0.05) is 12.1 Å². The van der Waals surface area contributed by atoms with Gasteiger partial charge in [-0.25, -0.2) is 4.79 Å². The molecule has 0 aromatic heterocycles. The molecule has 0 atom stereocenters. The summed E-state index contributed by atoms with van der Waals surface area (Å²) in [6.07, 6.45) is 1.06. The highest BCUT2D eigenvalue weighted by Crippen LogP contribution is 2.27. The van der Waals surface area contributed by atoms with E-state index >= 15 is 0 Å². The number of anilines is 2. The molecule has 6 heteroatoms. The van der Waals surface area contributed by atoms with E-state index in [4.69, 9.17) is 4.74 Å². The second-order valence-corrected chi connectivity index (χ2v) is 5.69. The van der Waals surface area contributed by atoms with Crippen LogP contribution in [0.15, 0.2) is 48.5 Å². The van der Waals surface area contributed by atoms with E-state index in [1.165, 1.54) is 12.0 Å². The van der Waals surface area contributed by atoms with Crippen molar-refractivity contribution in [1.82, 2.24) is 0 Å². The Morgan fingerprint density at radius 1 is 1.08 bits per heavy atom. The minimum Gasteiger partial charge on any atom is -0.465 e. The maximum Gasteiger partial charge on any atom is 0.339 e. The summed E-state index contributed by atoms with van der Waals surface area (Å²) >= 11 is 0. The Hall–Kier alpha value is -3.15. The van der Waals surface area contributed by atoms with Crippen LogP contribution in [0.4, 0.5) is 11.4 Å². The molecule has 25 heavy (non-hydrogen) atoms. The number of hydrogen-bond acceptors (Lipinski definition) is 4. The number of ether oxygens (including phenoxy) is 1. The Morgan fingerprint density at radius 3 is 2.60 bits per heavy atom. The van der Waals surface area contributed by atoms with Gasteiger partial charge in [0.15, 0.2) is 0 Å². The van der Waals surface area contributed by atoms with Crippen LogP contribution in [0.3, 0.4) is 0 Å². The Bertz CT molecular complexity index is 832. The van der Waals surface area contributed by atoms with Gasteiger partial charge in [0.25, 0.3) is 0 Å². The summed E-state index contributed by atoms with van der Waals surface area (Å²) in [6.45, 7) is -0.106. The van der Waals surface area contributed by atoms with Crippen LogP contribution in [0.2, 0.25) is 0 Å². The van der Waals surface area contributed by atoms with E-state index in [9.17, 15) is 14.4 Å². The largest absolute Gasteiger partial charge is 0.465 e. The predicted molar refractivity (Wildman–Crippen MR) is 93.5 cm³/mol. The Balaban J connectivity index is 1.78. The molecule has 1 heterocycles. The number of methoxy groups -OCH3 is 1. The van der Waals surface area contributed by atoms with Crippen molar-refractivity contribution >= 4 is 29.2 Å². The molecule has 6 nitrogen and oxygen atoms in total. The summed E-state index contributed by atoms with van der Waals surface area (Å²) in [5.74, 6) is -0.994. The average Bonchev–Trinajstić information content (AvgIpc) is 2.64. The van der Waals surface area contributed by atoms with Crippen molar-refractivity contribution in [3.8, 4) is 0 Å². The molecule has 2 amide bonds. The zero-order valence-corrected chi connectivity index (χ0v) is 13.8. The van der Waals surface area contributed by atoms with Crippen molar-refractivity contribution in [2.75, 3.05) is 23.9 Å². The lowest BCUT2D eigenvalue weighted by atomic mass is 10.0. The van der Waals surface area contributed by atoms with Crippen LogP contribution < -0.4 is 10.2 Å². The van der Waals surface area contributed by atoms with Crippen molar-refractivity contribution in [2.24, 2.45) is 0 Å². The molecular formula is C19H18N2O4. The first-order valence-corrected chi connectivity index (χ1v) is 7.95. The molecule has 0 aliphatic carbocycles. The first-order chi connectivity index (χ1) is 12.1. The zero-order chi connectivity index (χ0) is 17.8. The van der Waals surface area contributed by atoms with Crippen molar-refractivity contribution in [2.45, 2.75) is 12.8 Å². The van der Waals surface area contributed by atoms with Gasteiger partial charge in [-0.15, -0.1) is 0 Å². The maximum absolute atomic E-state index is 12.4. The summed E-state index contributed by atoms with van der Waals surface area (Å²) in [5.41, 5.74) is 2.43. The van der Waals surface area contributed by atoms with Gasteiger partial charge in [-0.3, -0.25) is 9.59 Å². The average molecular weight is 338 g/mol. The highest BCUT2D eigenvalue weighted by Gasteiger charge is 2.26. The number of carbonyl (C=O) groups excluding carboxylic acids is 3. The number of para-hydroxylation sites is 2. The third-order valence-electron chi connectivity index (χ3n) is 4.10. The fraction of sp³-hybridized carbons (Fsp3) is 0.211. The van der Waals surface area contributed by atoms with Crippen LogP contribution in [0.25, 0.3) is 0 Å². The number of aryl methyl sites for hydroxylation is 1. The van der Waals surface area contributed by atoms with Crippen molar-refractivity contribution in [3.05, 3.63) is 59.7 Å². The highest BCUT2D eigenvalue weighted by molar-refractivity contribution is 6.06. The fourth-order valence-corrected chi connectivity index (χ4v) is 2.88. The van der Waals surface area contributed by atoms with Crippen LogP contribution in [0.1, 0.15) is 22.3 Å². The molecule has 2 aromatic rings. The van der Waals surface area contributed by atoms with Crippen molar-refractivity contribution in [1.29, 1.82) is 0 Å². The summed E-state index contributed by atoms with van der Waals surface area (Å²) in [4.78, 5) is 37.9. The number of nitrogens with zero attached hydrogens (tertiary/aromatic N) is 1. The third-order valence-corrected chi connectivity index (χ3v) is 4.10. The lowest BCUT2D eigenvalue weighted by Crippen LogP contribution is -2.41. The Labute approximate surface area is 145 Å². The number of carbonyl (C=O) groups is 3. The highest BCUT2D eigenvalue weighted by atomic mass is 16.5. The Morgan fingerprint density at radius 2 is 1.80 bits per heavy atom. The summed E-state index contributed by atoms with van der Waals surface area (Å²) in [7, 11) is 1.28. The van der Waals surface area contributed by atoms with Crippen LogP contribution in [0, 0.1) is 0 Å². The topological polar surface area (TPSA) is 75.7 Å². The second-order valence-electron chi connectivity index (χ2n) is 5.69. The van der Waals surface area contributed by atoms with Gasteiger partial charge in [-0.1, -0.05) is 30.3 Å². The normalized spacial score (nSPS) is 13.2. The zero-order valence-electron chi connectivity index (χ0n) is 13.8. The minimum absolute atomic E-state index is 0.0879. The lowest BCUT2D eigenvalue weighted by Gasteiger charge is -2.28. The number of esters is 1. The quantitative estimate of drug-likeness (QED) is 0.869. The SMILES string of the molecule is COC(=O)c1ccccc1NC(=O)CN1C(=O)CCc2ccccc21. The number of benzene rings is 2. The van der Waals surface area contributed by atoms with Gasteiger partial charge in [-0.05, 0) is 30.2 Å². The van der Waals surface area contributed by atoms with Crippen molar-refractivity contribution in [3.63, 3.8) is 0 Å². The summed E-state index contributed by atoms with van der Waals surface area (Å²) < 4.78 is 4.72. The van der Waals surface area contributed by atoms with Gasteiger partial charge in [-0.2, -0.15) is 0 Å². The van der Waals surface area contributed by atoms with E-state index in [0.29, 0.717) is 18.5 Å². The molecule has 0 bridgehead atoms. The predicted octanol–water partition coefficient (Wildman–Crippen LogP) is 2.39. The van der Waals surface area contributed by atoms with Crippen LogP contribution in [0.5, 0.6) is 0 Å². The molecule has 0 spiro atoms. The third kappa shape index (κ3) is 3.52. The fourth-order valence-electron chi connectivity index (χ4n) is 2.88. The van der Waals surface area contributed by atoms with Crippen molar-refractivity contribution < 1.29 is 19.1 Å². The molecule has 1 aliphatic rings. The first kappa shape index (κ1) is 16.7. The van der Waals surface area contributed by atoms with Gasteiger partial charge >= 0.3 is 5.97 Å². The molecule has 0 saturated heterocycles. The smallest absolute Gasteiger partial charge is 0.339 e. The number of amides is 2. The minimum atomic E-state index is -0.532. The number of nitrogens with one attached hydrogen (secondary N) is 1. The molecule has 0 unspecified atom stereocenters. The van der Waals surface area contributed by atoms with Gasteiger partial charge in [0.1, 0.15) is 6.54 Å². The van der Waals surface area contributed by atoms with E-state index in [-0.39, 0.29) is 23.9 Å². The molecule has 0 radical (unpaired) electrons. The molecule has 0 fully saturated rings. The van der Waals surface area contributed by atoms with E-state index in [1.807, 2.05) is 24.3 Å². The summed E-state index contributed by atoms with van der Waals surface area (Å²) in [6, 6.07) is 14.1. The molecule has 1 aliphatic heterocycles. The van der Waals surface area contributed by atoms with E-state index < -0.39 is 5.97 Å². The summed E-state index contributed by atoms with van der Waals surface area (Å²) in [5, 5.41) is 2.69. The van der Waals surface area contributed by atoms with E-state index in [0.717, 1.165) is 11.3 Å². The molecule has 0 saturated carbocycles. The maximum atomic E-state index is 12.4. The number of hydrogen-bond donors (Lipinski definition) is 1. The molecule has 1 N–H and O–H groups in total. The van der Waals surface area contributed by atoms with Crippen LogP contribution >= 0.6 is 0 Å². The lowest BCUT2D eigenvalue weighted by molar-refractivity contribution is -0.121. The molecular weight excluding hydrogens is 320 g/mol. The first-order valence-electron chi connectivity index (χ1n) is 7.95.